The van der Waals surface area contributed by atoms with Gasteiger partial charge in [-0.3, -0.25) is 9.69 Å². The van der Waals surface area contributed by atoms with E-state index in [0.29, 0.717) is 0 Å². The number of amides is 3. The summed E-state index contributed by atoms with van der Waals surface area (Å²) in [6.07, 6.45) is 7.01. The van der Waals surface area contributed by atoms with Crippen LogP contribution in [0.1, 0.15) is 62.9 Å². The normalized spacial score (nSPS) is 21.2. The second-order valence-electron chi connectivity index (χ2n) is 8.11. The van der Waals surface area contributed by atoms with E-state index in [0.717, 1.165) is 53.7 Å². The molecule has 1 saturated heterocycles. The highest BCUT2D eigenvalue weighted by molar-refractivity contribution is 7.18. The molecule has 1 aromatic heterocycles. The van der Waals surface area contributed by atoms with Crippen molar-refractivity contribution < 1.29 is 9.59 Å². The average Bonchev–Trinajstić information content (AvgIpc) is 3.19. The van der Waals surface area contributed by atoms with Crippen LogP contribution in [0.25, 0.3) is 10.2 Å². The smallest absolute Gasteiger partial charge is 0.323 e. The number of thiazole rings is 1. The number of imide groups is 1. The molecule has 2 fully saturated rings. The predicted octanol–water partition coefficient (Wildman–Crippen LogP) is 4.28. The lowest BCUT2D eigenvalue weighted by Gasteiger charge is -2.30. The van der Waals surface area contributed by atoms with Crippen LogP contribution < -0.4 is 5.32 Å². The SMILES string of the molecule is C[C@@H](c1nc2ccccc2s1)N(C)CN1C(=O)NC2(CCCCCCC2)C1=O. The van der Waals surface area contributed by atoms with Gasteiger partial charge in [-0.2, -0.15) is 0 Å². The molecule has 1 atom stereocenters. The number of hydrogen-bond acceptors (Lipinski definition) is 5. The highest BCUT2D eigenvalue weighted by Crippen LogP contribution is 2.33. The van der Waals surface area contributed by atoms with Crippen LogP contribution in [0.5, 0.6) is 0 Å². The first kappa shape index (κ1) is 19.3. The average molecular weight is 401 g/mol. The molecule has 7 heteroatoms. The second-order valence-corrected chi connectivity index (χ2v) is 9.17. The maximum Gasteiger partial charge on any atom is 0.326 e. The molecule has 2 aliphatic rings. The van der Waals surface area contributed by atoms with Crippen LogP contribution in [0, 0.1) is 0 Å². The monoisotopic (exact) mass is 400 g/mol. The Bertz CT molecular complexity index is 839. The number of nitrogens with one attached hydrogen (secondary N) is 1. The third-order valence-corrected chi connectivity index (χ3v) is 7.35. The van der Waals surface area contributed by atoms with Gasteiger partial charge in [-0.05, 0) is 38.9 Å². The van der Waals surface area contributed by atoms with Crippen molar-refractivity contribution in [3.05, 3.63) is 29.3 Å². The van der Waals surface area contributed by atoms with E-state index in [2.05, 4.69) is 18.3 Å². The van der Waals surface area contributed by atoms with E-state index in [4.69, 9.17) is 4.98 Å². The zero-order chi connectivity index (χ0) is 19.7. The minimum absolute atomic E-state index is 0.0203. The summed E-state index contributed by atoms with van der Waals surface area (Å²) < 4.78 is 1.15. The minimum atomic E-state index is -0.683. The molecule has 1 aliphatic heterocycles. The maximum absolute atomic E-state index is 13.2. The first-order valence-electron chi connectivity index (χ1n) is 10.2. The van der Waals surface area contributed by atoms with E-state index in [9.17, 15) is 9.59 Å². The third-order valence-electron chi connectivity index (χ3n) is 6.15. The summed E-state index contributed by atoms with van der Waals surface area (Å²) >= 11 is 1.66. The van der Waals surface area contributed by atoms with Gasteiger partial charge in [0.25, 0.3) is 5.91 Å². The van der Waals surface area contributed by atoms with Gasteiger partial charge in [-0.25, -0.2) is 14.7 Å². The Morgan fingerprint density at radius 2 is 1.86 bits per heavy atom. The number of carbonyl (C=O) groups is 2. The first-order valence-corrected chi connectivity index (χ1v) is 11.0. The van der Waals surface area contributed by atoms with Gasteiger partial charge in [0.15, 0.2) is 0 Å². The number of urea groups is 1. The van der Waals surface area contributed by atoms with Crippen LogP contribution in [0.15, 0.2) is 24.3 Å². The summed E-state index contributed by atoms with van der Waals surface area (Å²) in [7, 11) is 1.94. The molecule has 0 bridgehead atoms. The van der Waals surface area contributed by atoms with Crippen LogP contribution in [0.3, 0.4) is 0 Å². The standard InChI is InChI=1S/C21H28N4O2S/c1-15(18-22-16-10-6-7-11-17(16)28-18)24(2)14-25-19(26)21(23-20(25)27)12-8-4-3-5-9-13-21/h6-7,10-11,15H,3-5,8-9,12-14H2,1-2H3,(H,23,27)/t15-/m0/s1. The zero-order valence-corrected chi connectivity index (χ0v) is 17.4. The summed E-state index contributed by atoms with van der Waals surface area (Å²) in [6.45, 7) is 2.35. The summed E-state index contributed by atoms with van der Waals surface area (Å²) in [5, 5.41) is 4.04. The third kappa shape index (κ3) is 3.53. The summed E-state index contributed by atoms with van der Waals surface area (Å²) in [5.74, 6) is -0.0530. The maximum atomic E-state index is 13.2. The molecule has 0 unspecified atom stereocenters. The van der Waals surface area contributed by atoms with Crippen molar-refractivity contribution in [1.29, 1.82) is 0 Å². The molecule has 2 aromatic rings. The fourth-order valence-corrected chi connectivity index (χ4v) is 5.34. The number of para-hydroxylation sites is 1. The van der Waals surface area contributed by atoms with Gasteiger partial charge in [-0.15, -0.1) is 11.3 Å². The molecule has 1 saturated carbocycles. The Morgan fingerprint density at radius 3 is 2.57 bits per heavy atom. The summed E-state index contributed by atoms with van der Waals surface area (Å²) in [6, 6.07) is 7.85. The Kier molecular flexibility index (Phi) is 5.38. The Hall–Kier alpha value is -1.99. The van der Waals surface area contributed by atoms with E-state index < -0.39 is 5.54 Å². The van der Waals surface area contributed by atoms with Gasteiger partial charge >= 0.3 is 6.03 Å². The van der Waals surface area contributed by atoms with Crippen molar-refractivity contribution in [2.24, 2.45) is 0 Å². The molecular formula is C21H28N4O2S. The Labute approximate surface area is 169 Å². The number of nitrogens with zero attached hydrogens (tertiary/aromatic N) is 3. The van der Waals surface area contributed by atoms with E-state index in [1.54, 1.807) is 11.3 Å². The molecular weight excluding hydrogens is 372 g/mol. The predicted molar refractivity (Wildman–Crippen MR) is 111 cm³/mol. The molecule has 1 aromatic carbocycles. The topological polar surface area (TPSA) is 65.5 Å². The van der Waals surface area contributed by atoms with Crippen LogP contribution in [-0.4, -0.2) is 46.0 Å². The van der Waals surface area contributed by atoms with E-state index >= 15 is 0 Å². The lowest BCUT2D eigenvalue weighted by molar-refractivity contribution is -0.133. The quantitative estimate of drug-likeness (QED) is 0.778. The molecule has 6 nitrogen and oxygen atoms in total. The van der Waals surface area contributed by atoms with Crippen molar-refractivity contribution in [2.75, 3.05) is 13.7 Å². The van der Waals surface area contributed by atoms with Crippen molar-refractivity contribution >= 4 is 33.5 Å². The van der Waals surface area contributed by atoms with Gasteiger partial charge in [0.2, 0.25) is 0 Å². The number of aromatic nitrogens is 1. The van der Waals surface area contributed by atoms with Crippen molar-refractivity contribution in [3.8, 4) is 0 Å². The highest BCUT2D eigenvalue weighted by atomic mass is 32.1. The Morgan fingerprint density at radius 1 is 1.18 bits per heavy atom. The number of benzene rings is 1. The molecule has 1 aliphatic carbocycles. The summed E-state index contributed by atoms with van der Waals surface area (Å²) in [4.78, 5) is 34.0. The molecule has 2 heterocycles. The van der Waals surface area contributed by atoms with E-state index in [1.165, 1.54) is 11.3 Å². The first-order chi connectivity index (χ1) is 13.5. The van der Waals surface area contributed by atoms with E-state index in [-0.39, 0.29) is 24.6 Å². The van der Waals surface area contributed by atoms with Crippen molar-refractivity contribution in [1.82, 2.24) is 20.1 Å². The molecule has 1 N–H and O–H groups in total. The number of hydrogen-bond donors (Lipinski definition) is 1. The molecule has 1 spiro atoms. The molecule has 0 radical (unpaired) electrons. The molecule has 4 rings (SSSR count). The van der Waals surface area contributed by atoms with Gasteiger partial charge in [0.1, 0.15) is 10.5 Å². The van der Waals surface area contributed by atoms with Crippen LogP contribution in [0.2, 0.25) is 0 Å². The van der Waals surface area contributed by atoms with Crippen molar-refractivity contribution in [2.45, 2.75) is 63.5 Å². The van der Waals surface area contributed by atoms with Crippen molar-refractivity contribution in [3.63, 3.8) is 0 Å². The van der Waals surface area contributed by atoms with Gasteiger partial charge in [0.05, 0.1) is 22.9 Å². The molecule has 28 heavy (non-hydrogen) atoms. The lowest BCUT2D eigenvalue weighted by atomic mass is 9.84. The number of fused-ring (bicyclic) bond motifs is 1. The highest BCUT2D eigenvalue weighted by Gasteiger charge is 2.50. The summed E-state index contributed by atoms with van der Waals surface area (Å²) in [5.41, 5.74) is 0.309. The lowest BCUT2D eigenvalue weighted by Crippen LogP contribution is -2.48. The molecule has 3 amide bonds. The Balaban J connectivity index is 1.48. The minimum Gasteiger partial charge on any atom is -0.323 e. The van der Waals surface area contributed by atoms with Crippen LogP contribution in [0.4, 0.5) is 4.79 Å². The van der Waals surface area contributed by atoms with Crippen LogP contribution >= 0.6 is 11.3 Å². The van der Waals surface area contributed by atoms with Crippen LogP contribution in [-0.2, 0) is 4.79 Å². The molecule has 150 valence electrons. The largest absolute Gasteiger partial charge is 0.326 e. The number of carbonyl (C=O) groups excluding carboxylic acids is 2. The van der Waals surface area contributed by atoms with Gasteiger partial charge in [0, 0.05) is 0 Å². The van der Waals surface area contributed by atoms with E-state index in [1.807, 2.05) is 30.1 Å². The van der Waals surface area contributed by atoms with Gasteiger partial charge in [-0.1, -0.05) is 44.2 Å². The van der Waals surface area contributed by atoms with Gasteiger partial charge < -0.3 is 5.32 Å². The number of rotatable bonds is 4. The fourth-order valence-electron chi connectivity index (χ4n) is 4.26. The fraction of sp³-hybridized carbons (Fsp3) is 0.571. The second kappa shape index (κ2) is 7.79. The zero-order valence-electron chi connectivity index (χ0n) is 16.6.